The number of carbonyl (C=O) groups excluding carboxylic acids is 1. The molecule has 0 aliphatic heterocycles. The van der Waals surface area contributed by atoms with Crippen LogP contribution in [0.15, 0.2) is 126 Å². The molecule has 3 nitrogen and oxygen atoms in total. The minimum absolute atomic E-state index is 0.119. The lowest BCUT2D eigenvalue weighted by molar-refractivity contribution is -0.135. The Bertz CT molecular complexity index is 1210. The fourth-order valence-electron chi connectivity index (χ4n) is 5.47. The maximum atomic E-state index is 14.6. The minimum Gasteiger partial charge on any atom is -0.332 e. The lowest BCUT2D eigenvalue weighted by atomic mass is 9.83. The molecule has 1 unspecified atom stereocenters. The summed E-state index contributed by atoms with van der Waals surface area (Å²) in [5.41, 5.74) is 5.26. The molecule has 0 heterocycles. The average Bonchev–Trinajstić information content (AvgIpc) is 2.99. The van der Waals surface area contributed by atoms with Gasteiger partial charge in [0, 0.05) is 24.2 Å². The van der Waals surface area contributed by atoms with Gasteiger partial charge in [0.1, 0.15) is 6.04 Å². The highest BCUT2D eigenvalue weighted by Gasteiger charge is 2.33. The Morgan fingerprint density at radius 2 is 1.05 bits per heavy atom. The van der Waals surface area contributed by atoms with Gasteiger partial charge in [-0.15, -0.1) is 0 Å². The predicted octanol–water partition coefficient (Wildman–Crippen LogP) is 7.70. The first-order valence-electron chi connectivity index (χ1n) is 13.8. The zero-order chi connectivity index (χ0) is 26.0. The Morgan fingerprint density at radius 3 is 1.50 bits per heavy atom. The maximum Gasteiger partial charge on any atom is 0.248 e. The van der Waals surface area contributed by atoms with E-state index in [1.54, 1.807) is 0 Å². The van der Waals surface area contributed by atoms with Crippen molar-refractivity contribution in [1.82, 2.24) is 4.90 Å². The number of hydrogen-bond acceptors (Lipinski definition) is 2. The van der Waals surface area contributed by atoms with E-state index < -0.39 is 6.04 Å². The van der Waals surface area contributed by atoms with E-state index in [0.717, 1.165) is 53.6 Å². The number of hydrogen-bond donors (Lipinski definition) is 0. The average molecular weight is 501 g/mol. The lowest BCUT2D eigenvalue weighted by Crippen LogP contribution is -2.42. The number of benzene rings is 4. The summed E-state index contributed by atoms with van der Waals surface area (Å²) in [5, 5.41) is 0. The second-order valence-corrected chi connectivity index (χ2v) is 10.2. The molecule has 1 aliphatic rings. The van der Waals surface area contributed by atoms with Crippen LogP contribution in [0.5, 0.6) is 0 Å². The van der Waals surface area contributed by atoms with Gasteiger partial charge in [-0.3, -0.25) is 9.79 Å². The molecule has 5 rings (SSSR count). The zero-order valence-corrected chi connectivity index (χ0v) is 22.0. The minimum atomic E-state index is -0.418. The molecule has 1 amide bonds. The summed E-state index contributed by atoms with van der Waals surface area (Å²) in [6.45, 7) is 1.14. The van der Waals surface area contributed by atoms with Gasteiger partial charge in [0.05, 0.1) is 5.71 Å². The summed E-state index contributed by atoms with van der Waals surface area (Å²) < 4.78 is 0. The van der Waals surface area contributed by atoms with Crippen molar-refractivity contribution >= 4 is 11.6 Å². The molecule has 0 radical (unpaired) electrons. The molecule has 1 aliphatic carbocycles. The summed E-state index contributed by atoms with van der Waals surface area (Å²) in [6.07, 6.45) is 5.65. The molecule has 38 heavy (non-hydrogen) atoms. The van der Waals surface area contributed by atoms with Crippen LogP contribution in [0, 0.1) is 5.92 Å². The van der Waals surface area contributed by atoms with Crippen LogP contribution in [0.25, 0.3) is 0 Å². The Morgan fingerprint density at radius 1 is 0.632 bits per heavy atom. The second kappa shape index (κ2) is 13.0. The Balaban J connectivity index is 1.56. The van der Waals surface area contributed by atoms with Gasteiger partial charge in [-0.25, -0.2) is 0 Å². The van der Waals surface area contributed by atoms with Crippen molar-refractivity contribution in [3.05, 3.63) is 144 Å². The van der Waals surface area contributed by atoms with Gasteiger partial charge in [-0.1, -0.05) is 141 Å². The van der Waals surface area contributed by atoms with Gasteiger partial charge in [-0.2, -0.15) is 0 Å². The van der Waals surface area contributed by atoms with Gasteiger partial charge in [0.25, 0.3) is 0 Å². The molecule has 1 fully saturated rings. The van der Waals surface area contributed by atoms with Crippen molar-refractivity contribution in [2.45, 2.75) is 51.2 Å². The van der Waals surface area contributed by atoms with E-state index in [1.165, 1.54) is 6.42 Å². The van der Waals surface area contributed by atoms with Gasteiger partial charge < -0.3 is 4.90 Å². The summed E-state index contributed by atoms with van der Waals surface area (Å²) in [5.74, 6) is 0.363. The Kier molecular flexibility index (Phi) is 8.78. The van der Waals surface area contributed by atoms with Crippen LogP contribution in [0.4, 0.5) is 0 Å². The van der Waals surface area contributed by atoms with Crippen LogP contribution in [0.1, 0.15) is 54.4 Å². The number of aliphatic imine (C=N–C) groups is 1. The highest BCUT2D eigenvalue weighted by Crippen LogP contribution is 2.31. The molecule has 1 saturated carbocycles. The summed E-state index contributed by atoms with van der Waals surface area (Å²) in [6, 6.07) is 40.8. The topological polar surface area (TPSA) is 32.7 Å². The van der Waals surface area contributed by atoms with Crippen molar-refractivity contribution in [2.75, 3.05) is 0 Å². The smallest absolute Gasteiger partial charge is 0.248 e. The van der Waals surface area contributed by atoms with E-state index >= 15 is 0 Å². The Hall–Kier alpha value is -3.98. The highest BCUT2D eigenvalue weighted by atomic mass is 16.2. The normalized spacial score (nSPS) is 14.4. The first kappa shape index (κ1) is 25.7. The lowest BCUT2D eigenvalue weighted by Gasteiger charge is -2.32. The van der Waals surface area contributed by atoms with Crippen LogP contribution in [-0.2, 0) is 17.9 Å². The molecule has 0 spiro atoms. The van der Waals surface area contributed by atoms with Crippen LogP contribution in [0.2, 0.25) is 0 Å². The fourth-order valence-corrected chi connectivity index (χ4v) is 5.47. The molecule has 4 aromatic carbocycles. The van der Waals surface area contributed by atoms with E-state index in [2.05, 4.69) is 48.5 Å². The SMILES string of the molecule is O=C(C(N=C(c1ccccc1)c1ccccc1)C1CCCCC1)N(Cc1ccccc1)Cc1ccccc1. The molecule has 0 N–H and O–H groups in total. The summed E-state index contributed by atoms with van der Waals surface area (Å²) in [7, 11) is 0. The molecule has 0 saturated heterocycles. The maximum absolute atomic E-state index is 14.6. The monoisotopic (exact) mass is 500 g/mol. The van der Waals surface area contributed by atoms with Gasteiger partial charge in [0.15, 0.2) is 0 Å². The second-order valence-electron chi connectivity index (χ2n) is 10.2. The van der Waals surface area contributed by atoms with E-state index in [-0.39, 0.29) is 11.8 Å². The largest absolute Gasteiger partial charge is 0.332 e. The van der Waals surface area contributed by atoms with Crippen LogP contribution < -0.4 is 0 Å². The van der Waals surface area contributed by atoms with Crippen molar-refractivity contribution < 1.29 is 4.79 Å². The molecule has 1 atom stereocenters. The number of nitrogens with zero attached hydrogens (tertiary/aromatic N) is 2. The molecule has 192 valence electrons. The first-order chi connectivity index (χ1) is 18.8. The molecule has 0 aromatic heterocycles. The third kappa shape index (κ3) is 6.66. The van der Waals surface area contributed by atoms with Crippen molar-refractivity contribution in [2.24, 2.45) is 10.9 Å². The standard InChI is InChI=1S/C35H36N2O/c38-35(37(26-28-16-6-1-7-17-28)27-29-18-8-2-9-19-29)34(32-24-14-5-15-25-32)36-33(30-20-10-3-11-21-30)31-22-12-4-13-23-31/h1-4,6-13,16-23,32,34H,5,14-15,24-27H2. The summed E-state index contributed by atoms with van der Waals surface area (Å²) in [4.78, 5) is 22.0. The third-order valence-corrected chi connectivity index (χ3v) is 7.46. The molecular formula is C35H36N2O. The highest BCUT2D eigenvalue weighted by molar-refractivity contribution is 6.13. The van der Waals surface area contributed by atoms with E-state index in [9.17, 15) is 4.79 Å². The molecule has 3 heteroatoms. The fraction of sp³-hybridized carbons (Fsp3) is 0.257. The first-order valence-corrected chi connectivity index (χ1v) is 13.8. The van der Waals surface area contributed by atoms with Crippen molar-refractivity contribution in [3.8, 4) is 0 Å². The van der Waals surface area contributed by atoms with Gasteiger partial charge in [-0.05, 0) is 29.9 Å². The number of carbonyl (C=O) groups is 1. The Labute approximate surface area is 226 Å². The summed E-state index contributed by atoms with van der Waals surface area (Å²) >= 11 is 0. The van der Waals surface area contributed by atoms with Crippen molar-refractivity contribution in [3.63, 3.8) is 0 Å². The zero-order valence-electron chi connectivity index (χ0n) is 22.0. The number of rotatable bonds is 9. The van der Waals surface area contributed by atoms with Crippen LogP contribution in [-0.4, -0.2) is 22.6 Å². The predicted molar refractivity (Wildman–Crippen MR) is 156 cm³/mol. The van der Waals surface area contributed by atoms with Crippen LogP contribution >= 0.6 is 0 Å². The van der Waals surface area contributed by atoms with Crippen LogP contribution in [0.3, 0.4) is 0 Å². The molecule has 0 bridgehead atoms. The quantitative estimate of drug-likeness (QED) is 0.217. The van der Waals surface area contributed by atoms with E-state index in [1.807, 2.05) is 77.7 Å². The third-order valence-electron chi connectivity index (χ3n) is 7.46. The van der Waals surface area contributed by atoms with Crippen molar-refractivity contribution in [1.29, 1.82) is 0 Å². The number of amides is 1. The van der Waals surface area contributed by atoms with Gasteiger partial charge >= 0.3 is 0 Å². The molecular weight excluding hydrogens is 464 g/mol. The van der Waals surface area contributed by atoms with E-state index in [4.69, 9.17) is 4.99 Å². The van der Waals surface area contributed by atoms with E-state index in [0.29, 0.717) is 13.1 Å². The molecule has 4 aromatic rings. The van der Waals surface area contributed by atoms with Gasteiger partial charge in [0.2, 0.25) is 5.91 Å².